The summed E-state index contributed by atoms with van der Waals surface area (Å²) in [5.41, 5.74) is 1.37. The third-order valence-corrected chi connectivity index (χ3v) is 1.88. The largest absolute Gasteiger partial charge is 0.309 e. The topological polar surface area (TPSA) is 12.0 Å². The number of hydrogen-bond acceptors (Lipinski definition) is 1. The van der Waals surface area contributed by atoms with Gasteiger partial charge in [-0.15, -0.1) is 6.58 Å². The average Bonchev–Trinajstić information content (AvgIpc) is 2.01. The zero-order valence-corrected chi connectivity index (χ0v) is 8.12. The standard InChI is InChI=1S/C8H13Cl2N/c1-3-4-7(2)11-6-8(10)5-9/h3,5,7,11H,1,4,6H2,2H3/b8-5-. The third kappa shape index (κ3) is 6.42. The molecule has 64 valence electrons. The molecule has 0 aliphatic carbocycles. The molecule has 0 rings (SSSR count). The van der Waals surface area contributed by atoms with E-state index < -0.39 is 0 Å². The van der Waals surface area contributed by atoms with E-state index in [1.165, 1.54) is 5.54 Å². The Labute approximate surface area is 78.1 Å². The molecule has 0 saturated carbocycles. The second-order valence-corrected chi connectivity index (χ2v) is 3.07. The first kappa shape index (κ1) is 11.0. The molecule has 0 heterocycles. The van der Waals surface area contributed by atoms with Crippen LogP contribution in [0.1, 0.15) is 13.3 Å². The smallest absolute Gasteiger partial charge is 0.0431 e. The number of nitrogens with one attached hydrogen (secondary N) is 1. The van der Waals surface area contributed by atoms with E-state index in [4.69, 9.17) is 23.2 Å². The number of hydrogen-bond donors (Lipinski definition) is 1. The Morgan fingerprint density at radius 2 is 2.36 bits per heavy atom. The fourth-order valence-corrected chi connectivity index (χ4v) is 0.798. The summed E-state index contributed by atoms with van der Waals surface area (Å²) in [5.74, 6) is 0. The molecule has 0 saturated heterocycles. The van der Waals surface area contributed by atoms with E-state index in [0.717, 1.165) is 6.42 Å². The first-order chi connectivity index (χ1) is 5.20. The Morgan fingerprint density at radius 3 is 2.82 bits per heavy atom. The van der Waals surface area contributed by atoms with Crippen LogP contribution in [0.3, 0.4) is 0 Å². The van der Waals surface area contributed by atoms with Gasteiger partial charge in [-0.2, -0.15) is 0 Å². The average molecular weight is 194 g/mol. The van der Waals surface area contributed by atoms with Gasteiger partial charge in [0, 0.05) is 23.2 Å². The lowest BCUT2D eigenvalue weighted by Crippen LogP contribution is -2.26. The first-order valence-corrected chi connectivity index (χ1v) is 4.31. The lowest BCUT2D eigenvalue weighted by molar-refractivity contribution is 0.588. The van der Waals surface area contributed by atoms with Crippen molar-refractivity contribution in [2.45, 2.75) is 19.4 Å². The van der Waals surface area contributed by atoms with Gasteiger partial charge in [0.2, 0.25) is 0 Å². The van der Waals surface area contributed by atoms with Crippen molar-refractivity contribution in [2.75, 3.05) is 6.54 Å². The highest BCUT2D eigenvalue weighted by atomic mass is 35.5. The Balaban J connectivity index is 3.45. The highest BCUT2D eigenvalue weighted by molar-refractivity contribution is 6.36. The van der Waals surface area contributed by atoms with Crippen molar-refractivity contribution in [1.82, 2.24) is 5.32 Å². The van der Waals surface area contributed by atoms with Gasteiger partial charge in [0.15, 0.2) is 0 Å². The summed E-state index contributed by atoms with van der Waals surface area (Å²) < 4.78 is 0. The summed E-state index contributed by atoms with van der Waals surface area (Å²) in [5, 5.41) is 3.81. The summed E-state index contributed by atoms with van der Waals surface area (Å²) in [4.78, 5) is 0. The lowest BCUT2D eigenvalue weighted by atomic mass is 10.2. The molecule has 3 heteroatoms. The fraction of sp³-hybridized carbons (Fsp3) is 0.500. The maximum absolute atomic E-state index is 5.65. The molecule has 0 spiro atoms. The van der Waals surface area contributed by atoms with Crippen molar-refractivity contribution < 1.29 is 0 Å². The lowest BCUT2D eigenvalue weighted by Gasteiger charge is -2.09. The second kappa shape index (κ2) is 6.71. The van der Waals surface area contributed by atoms with Gasteiger partial charge < -0.3 is 5.32 Å². The molecular formula is C8H13Cl2N. The molecule has 1 N–H and O–H groups in total. The summed E-state index contributed by atoms with van der Waals surface area (Å²) >= 11 is 11.0. The van der Waals surface area contributed by atoms with Crippen LogP contribution in [0.4, 0.5) is 0 Å². The minimum Gasteiger partial charge on any atom is -0.309 e. The Morgan fingerprint density at radius 1 is 1.73 bits per heavy atom. The molecule has 11 heavy (non-hydrogen) atoms. The summed E-state index contributed by atoms with van der Waals surface area (Å²) in [6, 6.07) is 0.401. The zero-order valence-electron chi connectivity index (χ0n) is 6.61. The van der Waals surface area contributed by atoms with Crippen LogP contribution in [0.5, 0.6) is 0 Å². The number of halogens is 2. The Bertz CT molecular complexity index is 143. The van der Waals surface area contributed by atoms with Crippen LogP contribution in [0.15, 0.2) is 23.2 Å². The molecule has 0 bridgehead atoms. The van der Waals surface area contributed by atoms with Crippen molar-refractivity contribution in [3.8, 4) is 0 Å². The molecule has 0 aliphatic rings. The zero-order chi connectivity index (χ0) is 8.69. The normalized spacial score (nSPS) is 14.6. The summed E-state index contributed by atoms with van der Waals surface area (Å²) in [6.07, 6.45) is 2.81. The first-order valence-electron chi connectivity index (χ1n) is 3.49. The van der Waals surface area contributed by atoms with Gasteiger partial charge in [-0.25, -0.2) is 0 Å². The van der Waals surface area contributed by atoms with Crippen molar-refractivity contribution in [3.63, 3.8) is 0 Å². The van der Waals surface area contributed by atoms with Gasteiger partial charge in [-0.3, -0.25) is 0 Å². The maximum Gasteiger partial charge on any atom is 0.0431 e. The summed E-state index contributed by atoms with van der Waals surface area (Å²) in [6.45, 7) is 6.33. The van der Waals surface area contributed by atoms with Gasteiger partial charge in [0.05, 0.1) is 0 Å². The van der Waals surface area contributed by atoms with E-state index in [0.29, 0.717) is 17.6 Å². The molecule has 0 amide bonds. The molecule has 0 aromatic heterocycles. The predicted molar refractivity (Wildman–Crippen MR) is 52.1 cm³/mol. The van der Waals surface area contributed by atoms with E-state index in [1.807, 2.05) is 6.08 Å². The van der Waals surface area contributed by atoms with Crippen LogP contribution in [0.25, 0.3) is 0 Å². The van der Waals surface area contributed by atoms with Crippen molar-refractivity contribution in [1.29, 1.82) is 0 Å². The van der Waals surface area contributed by atoms with Crippen molar-refractivity contribution >= 4 is 23.2 Å². The predicted octanol–water partition coefficient (Wildman–Crippen LogP) is 2.86. The van der Waals surface area contributed by atoms with E-state index in [1.54, 1.807) is 0 Å². The molecule has 1 atom stereocenters. The van der Waals surface area contributed by atoms with Crippen LogP contribution in [0, 0.1) is 0 Å². The molecule has 0 fully saturated rings. The van der Waals surface area contributed by atoms with Gasteiger partial charge in [-0.1, -0.05) is 29.3 Å². The van der Waals surface area contributed by atoms with E-state index in [2.05, 4.69) is 18.8 Å². The van der Waals surface area contributed by atoms with E-state index in [9.17, 15) is 0 Å². The maximum atomic E-state index is 5.65. The van der Waals surface area contributed by atoms with Crippen LogP contribution < -0.4 is 5.32 Å². The van der Waals surface area contributed by atoms with Crippen molar-refractivity contribution in [3.05, 3.63) is 23.2 Å². The molecular weight excluding hydrogens is 181 g/mol. The summed E-state index contributed by atoms with van der Waals surface area (Å²) in [7, 11) is 0. The second-order valence-electron chi connectivity index (χ2n) is 2.36. The molecule has 1 nitrogen and oxygen atoms in total. The van der Waals surface area contributed by atoms with Gasteiger partial charge in [0.25, 0.3) is 0 Å². The van der Waals surface area contributed by atoms with Gasteiger partial charge in [-0.05, 0) is 13.3 Å². The molecule has 0 aromatic carbocycles. The van der Waals surface area contributed by atoms with Crippen LogP contribution in [0.2, 0.25) is 0 Å². The molecule has 0 radical (unpaired) electrons. The van der Waals surface area contributed by atoms with Crippen molar-refractivity contribution in [2.24, 2.45) is 0 Å². The number of rotatable bonds is 5. The highest BCUT2D eigenvalue weighted by Gasteiger charge is 1.97. The molecule has 0 aromatic rings. The van der Waals surface area contributed by atoms with E-state index in [-0.39, 0.29) is 0 Å². The quantitative estimate of drug-likeness (QED) is 0.663. The van der Waals surface area contributed by atoms with Crippen LogP contribution in [-0.4, -0.2) is 12.6 Å². The molecule has 0 aliphatic heterocycles. The minimum atomic E-state index is 0.401. The Hall–Kier alpha value is 0.0200. The third-order valence-electron chi connectivity index (χ3n) is 1.26. The minimum absolute atomic E-state index is 0.401. The Kier molecular flexibility index (Phi) is 6.73. The highest BCUT2D eigenvalue weighted by Crippen LogP contribution is 2.01. The molecule has 1 unspecified atom stereocenters. The van der Waals surface area contributed by atoms with E-state index >= 15 is 0 Å². The SMILES string of the molecule is C=CCC(C)NC/C(Cl)=C/Cl. The van der Waals surface area contributed by atoms with Gasteiger partial charge in [0.1, 0.15) is 0 Å². The monoisotopic (exact) mass is 193 g/mol. The fourth-order valence-electron chi connectivity index (χ4n) is 0.644. The van der Waals surface area contributed by atoms with Gasteiger partial charge >= 0.3 is 0 Å². The van der Waals surface area contributed by atoms with Crippen LogP contribution in [-0.2, 0) is 0 Å². The van der Waals surface area contributed by atoms with Crippen LogP contribution >= 0.6 is 23.2 Å².